The van der Waals surface area contributed by atoms with Crippen LogP contribution in [-0.2, 0) is 9.53 Å². The molecule has 0 radical (unpaired) electrons. The molecule has 22 heavy (non-hydrogen) atoms. The largest absolute Gasteiger partial charge is 0.402 e. The average molecular weight is 288 g/mol. The summed E-state index contributed by atoms with van der Waals surface area (Å²) in [4.78, 5) is 20.7. The van der Waals surface area contributed by atoms with E-state index in [1.54, 1.807) is 12.3 Å². The maximum atomic E-state index is 12.0. The lowest BCUT2D eigenvalue weighted by Gasteiger charge is -2.07. The van der Waals surface area contributed by atoms with Gasteiger partial charge in [0, 0.05) is 17.4 Å². The Morgan fingerprint density at radius 3 is 2.86 bits per heavy atom. The minimum Gasteiger partial charge on any atom is -0.402 e. The first-order valence-electron chi connectivity index (χ1n) is 7.01. The third kappa shape index (κ3) is 2.15. The molecule has 0 N–H and O–H groups in total. The van der Waals surface area contributed by atoms with Crippen LogP contribution in [0.4, 0.5) is 0 Å². The number of aliphatic imine (C=N–C) groups is 2. The van der Waals surface area contributed by atoms with E-state index < -0.39 is 5.97 Å². The Morgan fingerprint density at radius 1 is 1.14 bits per heavy atom. The van der Waals surface area contributed by atoms with Gasteiger partial charge in [-0.05, 0) is 23.8 Å². The molecular formula is C18H12N2O2. The summed E-state index contributed by atoms with van der Waals surface area (Å²) in [5.41, 5.74) is 3.06. The minimum atomic E-state index is -0.431. The number of hydrogen-bond acceptors (Lipinski definition) is 4. The molecule has 106 valence electrons. The number of fused-ring (bicyclic) bond motifs is 1. The molecule has 0 spiro atoms. The molecule has 3 aliphatic rings. The summed E-state index contributed by atoms with van der Waals surface area (Å²) in [5, 5.41) is 0. The van der Waals surface area contributed by atoms with Crippen molar-refractivity contribution in [1.29, 1.82) is 0 Å². The topological polar surface area (TPSA) is 51.0 Å². The van der Waals surface area contributed by atoms with E-state index in [1.807, 2.05) is 54.6 Å². The molecule has 0 saturated carbocycles. The van der Waals surface area contributed by atoms with Crippen LogP contribution in [0.15, 0.2) is 87.5 Å². The maximum absolute atomic E-state index is 12.0. The molecule has 1 atom stereocenters. The van der Waals surface area contributed by atoms with Crippen molar-refractivity contribution in [3.63, 3.8) is 0 Å². The van der Waals surface area contributed by atoms with Crippen LogP contribution in [0.3, 0.4) is 0 Å². The van der Waals surface area contributed by atoms with Gasteiger partial charge in [0.05, 0.1) is 6.04 Å². The van der Waals surface area contributed by atoms with E-state index in [0.29, 0.717) is 11.6 Å². The van der Waals surface area contributed by atoms with Crippen LogP contribution in [0, 0.1) is 0 Å². The first kappa shape index (κ1) is 12.7. The summed E-state index contributed by atoms with van der Waals surface area (Å²) >= 11 is 0. The van der Waals surface area contributed by atoms with E-state index in [0.717, 1.165) is 16.7 Å². The second kappa shape index (κ2) is 5.07. The monoisotopic (exact) mass is 288 g/mol. The van der Waals surface area contributed by atoms with Crippen LogP contribution in [0.1, 0.15) is 5.56 Å². The summed E-state index contributed by atoms with van der Waals surface area (Å²) in [5.74, 6) is -0.0906. The summed E-state index contributed by atoms with van der Waals surface area (Å²) < 4.78 is 5.25. The molecule has 4 heteroatoms. The number of ether oxygens (including phenoxy) is 1. The number of carbonyl (C=O) groups excluding carboxylic acids is 1. The average Bonchev–Trinajstić information content (AvgIpc) is 3.13. The zero-order chi connectivity index (χ0) is 14.9. The van der Waals surface area contributed by atoms with Crippen molar-refractivity contribution in [1.82, 2.24) is 0 Å². The highest BCUT2D eigenvalue weighted by molar-refractivity contribution is 6.11. The number of benzene rings is 1. The molecule has 0 amide bonds. The van der Waals surface area contributed by atoms with Crippen molar-refractivity contribution < 1.29 is 9.53 Å². The summed E-state index contributed by atoms with van der Waals surface area (Å²) in [6.07, 6.45) is 11.5. The number of nitrogens with zero attached hydrogens (tertiary/aromatic N) is 2. The summed E-state index contributed by atoms with van der Waals surface area (Å²) in [6, 6.07) is 9.43. The number of cyclic esters (lactones) is 1. The molecule has 2 aliphatic heterocycles. The second-order valence-corrected chi connectivity index (χ2v) is 5.08. The van der Waals surface area contributed by atoms with Crippen molar-refractivity contribution >= 4 is 18.1 Å². The van der Waals surface area contributed by atoms with Gasteiger partial charge in [-0.15, -0.1) is 0 Å². The SMILES string of the molecule is O=C1OC(c2ccccc2)=N/C1=C\C1=C2C=CC=CC2N=C1. The fourth-order valence-electron chi connectivity index (χ4n) is 2.54. The van der Waals surface area contributed by atoms with Gasteiger partial charge >= 0.3 is 5.97 Å². The van der Waals surface area contributed by atoms with E-state index >= 15 is 0 Å². The first-order chi connectivity index (χ1) is 10.8. The number of allylic oxidation sites excluding steroid dienone is 4. The Hall–Kier alpha value is -3.01. The second-order valence-electron chi connectivity index (χ2n) is 5.08. The highest BCUT2D eigenvalue weighted by Crippen LogP contribution is 2.26. The molecule has 1 aromatic carbocycles. The number of hydrogen-bond donors (Lipinski definition) is 0. The first-order valence-corrected chi connectivity index (χ1v) is 7.01. The molecule has 1 aromatic rings. The Morgan fingerprint density at radius 2 is 2.00 bits per heavy atom. The fourth-order valence-corrected chi connectivity index (χ4v) is 2.54. The van der Waals surface area contributed by atoms with E-state index in [1.165, 1.54) is 0 Å². The van der Waals surface area contributed by atoms with Gasteiger partial charge in [-0.3, -0.25) is 4.99 Å². The maximum Gasteiger partial charge on any atom is 0.363 e. The Labute approximate surface area is 127 Å². The minimum absolute atomic E-state index is 0.0480. The lowest BCUT2D eigenvalue weighted by molar-refractivity contribution is -0.130. The van der Waals surface area contributed by atoms with Crippen LogP contribution in [0.25, 0.3) is 0 Å². The molecule has 0 saturated heterocycles. The molecule has 4 nitrogen and oxygen atoms in total. The van der Waals surface area contributed by atoms with Crippen LogP contribution >= 0.6 is 0 Å². The van der Waals surface area contributed by atoms with Crippen LogP contribution < -0.4 is 0 Å². The molecule has 2 heterocycles. The summed E-state index contributed by atoms with van der Waals surface area (Å²) in [6.45, 7) is 0. The predicted molar refractivity (Wildman–Crippen MR) is 84.7 cm³/mol. The van der Waals surface area contributed by atoms with Gasteiger partial charge in [0.25, 0.3) is 0 Å². The molecule has 4 rings (SSSR count). The molecule has 0 aromatic heterocycles. The van der Waals surface area contributed by atoms with Crippen molar-refractivity contribution in [3.8, 4) is 0 Å². The molecule has 1 aliphatic carbocycles. The van der Waals surface area contributed by atoms with E-state index in [2.05, 4.69) is 9.98 Å². The van der Waals surface area contributed by atoms with Gasteiger partial charge < -0.3 is 4.74 Å². The van der Waals surface area contributed by atoms with Crippen LogP contribution in [-0.4, -0.2) is 24.1 Å². The lowest BCUT2D eigenvalue weighted by Crippen LogP contribution is -2.05. The summed E-state index contributed by atoms with van der Waals surface area (Å²) in [7, 11) is 0. The molecule has 0 fully saturated rings. The van der Waals surface area contributed by atoms with E-state index in [4.69, 9.17) is 4.74 Å². The van der Waals surface area contributed by atoms with Crippen molar-refractivity contribution in [2.75, 3.05) is 0 Å². The zero-order valence-electron chi connectivity index (χ0n) is 11.6. The van der Waals surface area contributed by atoms with Crippen molar-refractivity contribution in [2.45, 2.75) is 6.04 Å². The zero-order valence-corrected chi connectivity index (χ0v) is 11.6. The third-order valence-electron chi connectivity index (χ3n) is 3.64. The third-order valence-corrected chi connectivity index (χ3v) is 3.64. The van der Waals surface area contributed by atoms with Gasteiger partial charge in [0.15, 0.2) is 5.70 Å². The van der Waals surface area contributed by atoms with Crippen molar-refractivity contribution in [3.05, 3.63) is 83.1 Å². The lowest BCUT2D eigenvalue weighted by atomic mass is 9.99. The highest BCUT2D eigenvalue weighted by Gasteiger charge is 2.26. The Balaban J connectivity index is 1.70. The number of rotatable bonds is 2. The highest BCUT2D eigenvalue weighted by atomic mass is 16.6. The normalized spacial score (nSPS) is 24.0. The van der Waals surface area contributed by atoms with Gasteiger partial charge in [-0.2, -0.15) is 0 Å². The van der Waals surface area contributed by atoms with Crippen LogP contribution in [0.2, 0.25) is 0 Å². The van der Waals surface area contributed by atoms with Gasteiger partial charge in [0.1, 0.15) is 0 Å². The Kier molecular flexibility index (Phi) is 2.93. The molecule has 1 unspecified atom stereocenters. The number of esters is 1. The van der Waals surface area contributed by atoms with Crippen LogP contribution in [0.5, 0.6) is 0 Å². The van der Waals surface area contributed by atoms with Gasteiger partial charge in [-0.25, -0.2) is 9.79 Å². The smallest absolute Gasteiger partial charge is 0.363 e. The number of carbonyl (C=O) groups is 1. The quantitative estimate of drug-likeness (QED) is 0.620. The standard InChI is InChI=1S/C18H12N2O2/c21-18-16(20-17(22-18)12-6-2-1-3-7-12)10-13-11-19-15-9-5-4-8-14(13)15/h1-11,15H/b16-10-. The molecular weight excluding hydrogens is 276 g/mol. The van der Waals surface area contributed by atoms with E-state index in [-0.39, 0.29) is 6.04 Å². The fraction of sp³-hybridized carbons (Fsp3) is 0.0556. The molecule has 0 bridgehead atoms. The predicted octanol–water partition coefficient (Wildman–Crippen LogP) is 2.75. The van der Waals surface area contributed by atoms with Crippen molar-refractivity contribution in [2.24, 2.45) is 9.98 Å². The Bertz CT molecular complexity index is 824. The van der Waals surface area contributed by atoms with Gasteiger partial charge in [0.2, 0.25) is 5.90 Å². The van der Waals surface area contributed by atoms with E-state index in [9.17, 15) is 4.79 Å². The van der Waals surface area contributed by atoms with Gasteiger partial charge in [-0.1, -0.05) is 42.5 Å².